The summed E-state index contributed by atoms with van der Waals surface area (Å²) >= 11 is 11.7. The van der Waals surface area contributed by atoms with Gasteiger partial charge in [-0.25, -0.2) is 5.43 Å². The van der Waals surface area contributed by atoms with Gasteiger partial charge in [0.15, 0.2) is 0 Å². The van der Waals surface area contributed by atoms with Gasteiger partial charge in [-0.05, 0) is 37.3 Å². The Labute approximate surface area is 160 Å². The second-order valence-corrected chi connectivity index (χ2v) is 6.37. The molecule has 2 aromatic rings. The molecule has 1 aliphatic rings. The Bertz CT molecular complexity index is 913. The van der Waals surface area contributed by atoms with Gasteiger partial charge < -0.3 is 0 Å². The molecule has 1 heterocycles. The summed E-state index contributed by atoms with van der Waals surface area (Å²) in [5, 5.41) is 10.1. The van der Waals surface area contributed by atoms with Crippen LogP contribution in [0.25, 0.3) is 0 Å². The molecule has 1 aliphatic heterocycles. The molecule has 2 amide bonds. The quantitative estimate of drug-likeness (QED) is 0.639. The van der Waals surface area contributed by atoms with Crippen molar-refractivity contribution in [2.24, 2.45) is 16.1 Å². The van der Waals surface area contributed by atoms with Gasteiger partial charge in [0.2, 0.25) is 0 Å². The van der Waals surface area contributed by atoms with Crippen molar-refractivity contribution in [3.63, 3.8) is 0 Å². The summed E-state index contributed by atoms with van der Waals surface area (Å²) < 4.78 is 0. The molecule has 0 aliphatic carbocycles. The fraction of sp³-hybridized carbons (Fsp3) is 0.111. The zero-order valence-corrected chi connectivity index (χ0v) is 15.2. The fourth-order valence-electron chi connectivity index (χ4n) is 2.38. The van der Waals surface area contributed by atoms with Gasteiger partial charge in [-0.3, -0.25) is 9.59 Å². The standard InChI is InChI=1S/C18H14Cl2N4O2/c1-11-14(18(26)24(23-11)13-5-3-2-4-6-13)10-21-22-17(25)12-7-8-15(19)16(20)9-12/h2-10,14H,1H3,(H,22,25)/b21-10-/t14-/m0/s1. The summed E-state index contributed by atoms with van der Waals surface area (Å²) in [7, 11) is 0. The summed E-state index contributed by atoms with van der Waals surface area (Å²) in [6.07, 6.45) is 1.36. The van der Waals surface area contributed by atoms with Crippen LogP contribution in [0.3, 0.4) is 0 Å². The molecule has 0 saturated carbocycles. The van der Waals surface area contributed by atoms with E-state index >= 15 is 0 Å². The minimum Gasteiger partial charge on any atom is -0.271 e. The lowest BCUT2D eigenvalue weighted by Crippen LogP contribution is -2.29. The van der Waals surface area contributed by atoms with E-state index in [1.807, 2.05) is 18.2 Å². The van der Waals surface area contributed by atoms with Crippen LogP contribution in [0, 0.1) is 5.92 Å². The average Bonchev–Trinajstić information content (AvgIpc) is 2.92. The average molecular weight is 389 g/mol. The van der Waals surface area contributed by atoms with E-state index in [-0.39, 0.29) is 10.9 Å². The number of nitrogens with one attached hydrogen (secondary N) is 1. The highest BCUT2D eigenvalue weighted by atomic mass is 35.5. The molecular weight excluding hydrogens is 375 g/mol. The summed E-state index contributed by atoms with van der Waals surface area (Å²) in [4.78, 5) is 24.6. The smallest absolute Gasteiger partial charge is 0.271 e. The van der Waals surface area contributed by atoms with E-state index in [2.05, 4.69) is 15.6 Å². The number of benzene rings is 2. The highest BCUT2D eigenvalue weighted by Crippen LogP contribution is 2.23. The first-order valence-electron chi connectivity index (χ1n) is 7.70. The third-order valence-corrected chi connectivity index (χ3v) is 4.49. The molecular formula is C18H14Cl2N4O2. The van der Waals surface area contributed by atoms with Gasteiger partial charge in [-0.15, -0.1) is 0 Å². The Morgan fingerprint density at radius 2 is 1.92 bits per heavy atom. The number of amides is 2. The summed E-state index contributed by atoms with van der Waals surface area (Å²) in [6.45, 7) is 1.73. The first kappa shape index (κ1) is 18.1. The molecule has 26 heavy (non-hydrogen) atoms. The molecule has 1 N–H and O–H groups in total. The van der Waals surface area contributed by atoms with Crippen molar-refractivity contribution >= 4 is 52.6 Å². The molecule has 0 spiro atoms. The minimum absolute atomic E-state index is 0.235. The zero-order valence-electron chi connectivity index (χ0n) is 13.7. The molecule has 6 nitrogen and oxygen atoms in total. The molecule has 0 radical (unpaired) electrons. The summed E-state index contributed by atoms with van der Waals surface area (Å²) in [5.74, 6) is -1.33. The molecule has 132 valence electrons. The molecule has 3 rings (SSSR count). The van der Waals surface area contributed by atoms with Crippen LogP contribution < -0.4 is 10.4 Å². The lowest BCUT2D eigenvalue weighted by molar-refractivity contribution is -0.118. The van der Waals surface area contributed by atoms with Crippen molar-refractivity contribution in [1.29, 1.82) is 0 Å². The van der Waals surface area contributed by atoms with Gasteiger partial charge in [-0.2, -0.15) is 15.2 Å². The maximum Gasteiger partial charge on any atom is 0.271 e. The molecule has 0 fully saturated rings. The maximum atomic E-state index is 12.5. The first-order valence-corrected chi connectivity index (χ1v) is 8.45. The van der Waals surface area contributed by atoms with Crippen molar-refractivity contribution < 1.29 is 9.59 Å². The second-order valence-electron chi connectivity index (χ2n) is 5.55. The van der Waals surface area contributed by atoms with Crippen LogP contribution in [0.15, 0.2) is 58.7 Å². The number of hydrogen-bond acceptors (Lipinski definition) is 4. The van der Waals surface area contributed by atoms with Crippen molar-refractivity contribution in [3.8, 4) is 0 Å². The SMILES string of the molecule is CC1=NN(c2ccccc2)C(=O)[C@H]1/C=N\NC(=O)c1ccc(Cl)c(Cl)c1. The van der Waals surface area contributed by atoms with Crippen molar-refractivity contribution in [2.45, 2.75) is 6.92 Å². The molecule has 0 unspecified atom stereocenters. The van der Waals surface area contributed by atoms with Gasteiger partial charge in [0.25, 0.3) is 11.8 Å². The number of rotatable bonds is 4. The lowest BCUT2D eigenvalue weighted by atomic mass is 10.1. The van der Waals surface area contributed by atoms with Crippen LogP contribution in [-0.4, -0.2) is 23.7 Å². The summed E-state index contributed by atoms with van der Waals surface area (Å²) in [6, 6.07) is 13.6. The predicted molar refractivity (Wildman–Crippen MR) is 103 cm³/mol. The van der Waals surface area contributed by atoms with Gasteiger partial charge in [-0.1, -0.05) is 41.4 Å². The minimum atomic E-state index is -0.635. The number of hydrazone groups is 2. The number of carbonyl (C=O) groups excluding carboxylic acids is 2. The number of hydrogen-bond donors (Lipinski definition) is 1. The van der Waals surface area contributed by atoms with E-state index in [0.29, 0.717) is 22.0 Å². The first-order chi connectivity index (χ1) is 12.5. The fourth-order valence-corrected chi connectivity index (χ4v) is 2.68. The Morgan fingerprint density at radius 1 is 1.19 bits per heavy atom. The van der Waals surface area contributed by atoms with E-state index in [1.54, 1.807) is 19.1 Å². The number of para-hydroxylation sites is 1. The van der Waals surface area contributed by atoms with E-state index in [9.17, 15) is 9.59 Å². The van der Waals surface area contributed by atoms with Gasteiger partial charge in [0.05, 0.1) is 21.4 Å². The van der Waals surface area contributed by atoms with Crippen LogP contribution in [0.5, 0.6) is 0 Å². The number of nitrogens with zero attached hydrogens (tertiary/aromatic N) is 3. The second kappa shape index (κ2) is 7.68. The van der Waals surface area contributed by atoms with Crippen molar-refractivity contribution in [1.82, 2.24) is 5.43 Å². The third kappa shape index (κ3) is 3.76. The van der Waals surface area contributed by atoms with Crippen molar-refractivity contribution in [2.75, 3.05) is 5.01 Å². The van der Waals surface area contributed by atoms with Gasteiger partial charge in [0, 0.05) is 11.8 Å². The molecule has 0 bridgehead atoms. The predicted octanol–water partition coefficient (Wildman–Crippen LogP) is 3.75. The largest absolute Gasteiger partial charge is 0.271 e. The maximum absolute atomic E-state index is 12.5. The number of carbonyl (C=O) groups is 2. The van der Waals surface area contributed by atoms with E-state index < -0.39 is 11.8 Å². The Balaban J connectivity index is 1.67. The number of halogens is 2. The van der Waals surface area contributed by atoms with Gasteiger partial charge in [0.1, 0.15) is 5.92 Å². The lowest BCUT2D eigenvalue weighted by Gasteiger charge is -2.12. The molecule has 0 aromatic heterocycles. The molecule has 8 heteroatoms. The van der Waals surface area contributed by atoms with Crippen LogP contribution in [0.4, 0.5) is 5.69 Å². The molecule has 0 saturated heterocycles. The third-order valence-electron chi connectivity index (χ3n) is 3.75. The zero-order chi connectivity index (χ0) is 18.7. The van der Waals surface area contributed by atoms with Gasteiger partial charge >= 0.3 is 0 Å². The monoisotopic (exact) mass is 388 g/mol. The van der Waals surface area contributed by atoms with E-state index in [4.69, 9.17) is 23.2 Å². The number of anilines is 1. The van der Waals surface area contributed by atoms with Crippen LogP contribution >= 0.6 is 23.2 Å². The Hall–Kier alpha value is -2.70. The van der Waals surface area contributed by atoms with Crippen molar-refractivity contribution in [3.05, 3.63) is 64.1 Å². The molecule has 2 aromatic carbocycles. The molecule has 1 atom stereocenters. The highest BCUT2D eigenvalue weighted by molar-refractivity contribution is 6.42. The summed E-state index contributed by atoms with van der Waals surface area (Å²) in [5.41, 5.74) is 3.94. The van der Waals surface area contributed by atoms with Crippen LogP contribution in [-0.2, 0) is 4.79 Å². The Morgan fingerprint density at radius 3 is 2.62 bits per heavy atom. The van der Waals surface area contributed by atoms with Crippen LogP contribution in [0.2, 0.25) is 10.0 Å². The van der Waals surface area contributed by atoms with Crippen LogP contribution in [0.1, 0.15) is 17.3 Å². The normalized spacial score (nSPS) is 16.9. The topological polar surface area (TPSA) is 74.1 Å². The van der Waals surface area contributed by atoms with E-state index in [0.717, 1.165) is 0 Å². The van der Waals surface area contributed by atoms with E-state index in [1.165, 1.54) is 29.4 Å². The highest BCUT2D eigenvalue weighted by Gasteiger charge is 2.33. The Kier molecular flexibility index (Phi) is 5.35.